The summed E-state index contributed by atoms with van der Waals surface area (Å²) >= 11 is 0. The Hall–Kier alpha value is -3.31. The second-order valence-electron chi connectivity index (χ2n) is 8.33. The summed E-state index contributed by atoms with van der Waals surface area (Å²) in [6.07, 6.45) is 1.74. The van der Waals surface area contributed by atoms with Crippen molar-refractivity contribution in [2.75, 3.05) is 26.4 Å². The van der Waals surface area contributed by atoms with E-state index in [1.54, 1.807) is 0 Å². The van der Waals surface area contributed by atoms with Crippen LogP contribution in [0, 0.1) is 0 Å². The predicted molar refractivity (Wildman–Crippen MR) is 129 cm³/mol. The van der Waals surface area contributed by atoms with Gasteiger partial charge in [-0.1, -0.05) is 42.5 Å². The Labute approximate surface area is 195 Å². The van der Waals surface area contributed by atoms with Gasteiger partial charge in [-0.3, -0.25) is 4.79 Å². The average Bonchev–Trinajstić information content (AvgIpc) is 2.88. The molecule has 0 atom stereocenters. The van der Waals surface area contributed by atoms with Crippen molar-refractivity contribution in [3.8, 4) is 11.5 Å². The van der Waals surface area contributed by atoms with Crippen LogP contribution in [0.3, 0.4) is 0 Å². The van der Waals surface area contributed by atoms with Crippen LogP contribution in [-0.2, 0) is 16.8 Å². The summed E-state index contributed by atoms with van der Waals surface area (Å²) in [7, 11) is 0. The number of hydrogen-bond donors (Lipinski definition) is 1. The van der Waals surface area contributed by atoms with Crippen LogP contribution in [0.1, 0.15) is 41.3 Å². The second kappa shape index (κ2) is 11.0. The molecule has 4 rings (SSSR count). The van der Waals surface area contributed by atoms with Crippen molar-refractivity contribution < 1.29 is 19.0 Å². The lowest BCUT2D eigenvalue weighted by atomic mass is 9.74. The highest BCUT2D eigenvalue weighted by molar-refractivity contribution is 5.94. The lowest BCUT2D eigenvalue weighted by Crippen LogP contribution is -2.44. The van der Waals surface area contributed by atoms with Crippen LogP contribution in [0.25, 0.3) is 0 Å². The fourth-order valence-electron chi connectivity index (χ4n) is 4.19. The van der Waals surface area contributed by atoms with E-state index in [1.165, 1.54) is 5.56 Å². The zero-order valence-electron chi connectivity index (χ0n) is 19.1. The van der Waals surface area contributed by atoms with Crippen LogP contribution >= 0.6 is 0 Å². The number of para-hydroxylation sites is 1. The predicted octanol–water partition coefficient (Wildman–Crippen LogP) is 5.14. The Bertz CT molecular complexity index is 1010. The fraction of sp³-hybridized carbons (Fsp3) is 0.321. The first-order valence-corrected chi connectivity index (χ1v) is 11.5. The third-order valence-electron chi connectivity index (χ3n) is 6.18. The zero-order chi connectivity index (χ0) is 22.9. The van der Waals surface area contributed by atoms with E-state index in [-0.39, 0.29) is 11.3 Å². The molecule has 1 aliphatic heterocycles. The molecule has 0 bridgehead atoms. The molecule has 0 aliphatic carbocycles. The number of hydrogen-bond acceptors (Lipinski definition) is 4. The van der Waals surface area contributed by atoms with Gasteiger partial charge in [-0.15, -0.1) is 0 Å². The van der Waals surface area contributed by atoms with Gasteiger partial charge < -0.3 is 19.5 Å². The van der Waals surface area contributed by atoms with E-state index in [9.17, 15) is 4.79 Å². The van der Waals surface area contributed by atoms with Crippen molar-refractivity contribution in [1.82, 2.24) is 5.32 Å². The smallest absolute Gasteiger partial charge is 0.251 e. The molecule has 1 amide bonds. The molecule has 3 aromatic rings. The molecule has 5 heteroatoms. The largest absolute Gasteiger partial charge is 0.494 e. The third-order valence-corrected chi connectivity index (χ3v) is 6.18. The molecular formula is C28H31NO4. The van der Waals surface area contributed by atoms with E-state index in [1.807, 2.05) is 73.7 Å². The molecule has 33 heavy (non-hydrogen) atoms. The number of benzene rings is 3. The first-order valence-electron chi connectivity index (χ1n) is 11.5. The number of rotatable bonds is 9. The summed E-state index contributed by atoms with van der Waals surface area (Å²) in [5, 5.41) is 3.17. The maximum Gasteiger partial charge on any atom is 0.251 e. The number of nitrogens with one attached hydrogen (secondary N) is 1. The van der Waals surface area contributed by atoms with Gasteiger partial charge in [0.05, 0.1) is 6.61 Å². The SMILES string of the molecule is CCOc1ccc(C2(CNC(=O)c3ccc(COc4ccccc4)cc3)CCOCC2)cc1. The van der Waals surface area contributed by atoms with Crippen molar-refractivity contribution in [3.05, 3.63) is 95.6 Å². The first-order chi connectivity index (χ1) is 16.2. The third kappa shape index (κ3) is 5.93. The molecule has 172 valence electrons. The van der Waals surface area contributed by atoms with Gasteiger partial charge >= 0.3 is 0 Å². The zero-order valence-corrected chi connectivity index (χ0v) is 19.1. The van der Waals surface area contributed by atoms with Crippen LogP contribution in [0.4, 0.5) is 0 Å². The minimum atomic E-state index is -0.137. The summed E-state index contributed by atoms with van der Waals surface area (Å²) in [5.41, 5.74) is 2.74. The Kier molecular flexibility index (Phi) is 7.63. The van der Waals surface area contributed by atoms with E-state index in [0.717, 1.165) is 29.9 Å². The molecule has 3 aromatic carbocycles. The highest BCUT2D eigenvalue weighted by atomic mass is 16.5. The Morgan fingerprint density at radius 1 is 0.879 bits per heavy atom. The normalized spacial score (nSPS) is 14.9. The second-order valence-corrected chi connectivity index (χ2v) is 8.33. The average molecular weight is 446 g/mol. The molecule has 0 radical (unpaired) electrons. The Morgan fingerprint density at radius 3 is 2.21 bits per heavy atom. The highest BCUT2D eigenvalue weighted by Gasteiger charge is 2.35. The molecular weight excluding hydrogens is 414 g/mol. The van der Waals surface area contributed by atoms with Crippen LogP contribution in [-0.4, -0.2) is 32.3 Å². The maximum atomic E-state index is 12.9. The van der Waals surface area contributed by atoms with Crippen molar-refractivity contribution in [3.63, 3.8) is 0 Å². The number of ether oxygens (including phenoxy) is 3. The van der Waals surface area contributed by atoms with Gasteiger partial charge in [-0.25, -0.2) is 0 Å². The van der Waals surface area contributed by atoms with Crippen LogP contribution < -0.4 is 14.8 Å². The number of carbonyl (C=O) groups is 1. The monoisotopic (exact) mass is 445 g/mol. The van der Waals surface area contributed by atoms with Crippen LogP contribution in [0.15, 0.2) is 78.9 Å². The summed E-state index contributed by atoms with van der Waals surface area (Å²) in [6, 6.07) is 25.5. The molecule has 1 aliphatic rings. The van der Waals surface area contributed by atoms with Crippen molar-refractivity contribution in [2.45, 2.75) is 31.8 Å². The summed E-state index contributed by atoms with van der Waals surface area (Å²) < 4.78 is 17.0. The topological polar surface area (TPSA) is 56.8 Å². The minimum absolute atomic E-state index is 0.0673. The Morgan fingerprint density at radius 2 is 1.55 bits per heavy atom. The van der Waals surface area contributed by atoms with Crippen molar-refractivity contribution in [2.24, 2.45) is 0 Å². The lowest BCUT2D eigenvalue weighted by Gasteiger charge is -2.38. The summed E-state index contributed by atoms with van der Waals surface area (Å²) in [6.45, 7) is 5.05. The van der Waals surface area contributed by atoms with Gasteiger partial charge in [0.1, 0.15) is 18.1 Å². The van der Waals surface area contributed by atoms with E-state index in [2.05, 4.69) is 17.4 Å². The van der Waals surface area contributed by atoms with Crippen LogP contribution in [0.5, 0.6) is 11.5 Å². The van der Waals surface area contributed by atoms with Crippen molar-refractivity contribution in [1.29, 1.82) is 0 Å². The fourth-order valence-corrected chi connectivity index (χ4v) is 4.19. The molecule has 1 saturated heterocycles. The van der Waals surface area contributed by atoms with E-state index >= 15 is 0 Å². The molecule has 1 N–H and O–H groups in total. The minimum Gasteiger partial charge on any atom is -0.494 e. The highest BCUT2D eigenvalue weighted by Crippen LogP contribution is 2.35. The molecule has 0 aromatic heterocycles. The number of amides is 1. The standard InChI is InChI=1S/C28H31NO4/c1-2-32-26-14-12-24(13-15-26)28(16-18-31-19-17-28)21-29-27(30)23-10-8-22(9-11-23)20-33-25-6-4-3-5-7-25/h3-15H,2,16-21H2,1H3,(H,29,30). The van der Waals surface area contributed by atoms with Gasteiger partial charge in [0.15, 0.2) is 0 Å². The molecule has 1 fully saturated rings. The van der Waals surface area contributed by atoms with E-state index in [4.69, 9.17) is 14.2 Å². The summed E-state index contributed by atoms with van der Waals surface area (Å²) in [5.74, 6) is 1.63. The van der Waals surface area contributed by atoms with Crippen LogP contribution in [0.2, 0.25) is 0 Å². The molecule has 0 spiro atoms. The van der Waals surface area contributed by atoms with E-state index in [0.29, 0.717) is 38.5 Å². The van der Waals surface area contributed by atoms with Gasteiger partial charge in [0.25, 0.3) is 5.91 Å². The van der Waals surface area contributed by atoms with Gasteiger partial charge in [-0.05, 0) is 67.3 Å². The van der Waals surface area contributed by atoms with Gasteiger partial charge in [0, 0.05) is 30.7 Å². The Balaban J connectivity index is 1.38. The molecule has 1 heterocycles. The summed E-state index contributed by atoms with van der Waals surface area (Å²) in [4.78, 5) is 12.9. The maximum absolute atomic E-state index is 12.9. The first kappa shape index (κ1) is 22.9. The number of carbonyl (C=O) groups excluding carboxylic acids is 1. The quantitative estimate of drug-likeness (QED) is 0.495. The molecule has 0 saturated carbocycles. The molecule has 0 unspecified atom stereocenters. The van der Waals surface area contributed by atoms with Gasteiger partial charge in [-0.2, -0.15) is 0 Å². The van der Waals surface area contributed by atoms with Gasteiger partial charge in [0.2, 0.25) is 0 Å². The van der Waals surface area contributed by atoms with Crippen molar-refractivity contribution >= 4 is 5.91 Å². The van der Waals surface area contributed by atoms with E-state index < -0.39 is 0 Å². The molecule has 5 nitrogen and oxygen atoms in total. The lowest BCUT2D eigenvalue weighted by molar-refractivity contribution is 0.0487.